The van der Waals surface area contributed by atoms with Gasteiger partial charge in [-0.25, -0.2) is 4.39 Å². The molecule has 1 aliphatic heterocycles. The van der Waals surface area contributed by atoms with Crippen molar-refractivity contribution in [2.75, 3.05) is 19.7 Å². The topological polar surface area (TPSA) is 50.4 Å². The van der Waals surface area contributed by atoms with Crippen LogP contribution in [0.15, 0.2) is 24.3 Å². The molecule has 1 aromatic rings. The summed E-state index contributed by atoms with van der Waals surface area (Å²) in [5, 5.41) is 6.07. The molecule has 1 aromatic carbocycles. The molecule has 1 aliphatic rings. The minimum atomic E-state index is -0.325. The van der Waals surface area contributed by atoms with Crippen LogP contribution >= 0.6 is 12.4 Å². The maximum absolute atomic E-state index is 12.9. The zero-order valence-corrected chi connectivity index (χ0v) is 12.0. The van der Waals surface area contributed by atoms with Crippen LogP contribution in [0.1, 0.15) is 19.3 Å². The highest BCUT2D eigenvalue weighted by Gasteiger charge is 2.17. The summed E-state index contributed by atoms with van der Waals surface area (Å²) >= 11 is 0. The highest BCUT2D eigenvalue weighted by Crippen LogP contribution is 2.11. The Morgan fingerprint density at radius 2 is 2.35 bits per heavy atom. The van der Waals surface area contributed by atoms with E-state index in [0.29, 0.717) is 31.4 Å². The van der Waals surface area contributed by atoms with Crippen molar-refractivity contribution in [3.63, 3.8) is 0 Å². The van der Waals surface area contributed by atoms with Gasteiger partial charge in [0.25, 0.3) is 0 Å². The van der Waals surface area contributed by atoms with Gasteiger partial charge in [-0.15, -0.1) is 12.4 Å². The Morgan fingerprint density at radius 3 is 3.05 bits per heavy atom. The van der Waals surface area contributed by atoms with Gasteiger partial charge >= 0.3 is 0 Å². The number of amides is 1. The molecule has 1 saturated heterocycles. The zero-order chi connectivity index (χ0) is 13.5. The molecule has 0 saturated carbocycles. The largest absolute Gasteiger partial charge is 0.492 e. The Balaban J connectivity index is 0.00000200. The fraction of sp³-hybridized carbons (Fsp3) is 0.500. The van der Waals surface area contributed by atoms with E-state index in [-0.39, 0.29) is 24.1 Å². The van der Waals surface area contributed by atoms with Crippen molar-refractivity contribution in [1.29, 1.82) is 0 Å². The first-order valence-electron chi connectivity index (χ1n) is 6.62. The Kier molecular flexibility index (Phi) is 7.33. The van der Waals surface area contributed by atoms with E-state index in [1.54, 1.807) is 12.1 Å². The van der Waals surface area contributed by atoms with Crippen LogP contribution in [0.3, 0.4) is 0 Å². The lowest BCUT2D eigenvalue weighted by molar-refractivity contribution is -0.121. The molecule has 2 N–H and O–H groups in total. The van der Waals surface area contributed by atoms with Gasteiger partial charge in [-0.2, -0.15) is 0 Å². The normalized spacial score (nSPS) is 17.4. The number of hydrogen-bond acceptors (Lipinski definition) is 3. The summed E-state index contributed by atoms with van der Waals surface area (Å²) in [6.45, 7) is 1.77. The van der Waals surface area contributed by atoms with Gasteiger partial charge in [-0.1, -0.05) is 6.07 Å². The maximum Gasteiger partial charge on any atom is 0.221 e. The second-order valence-corrected chi connectivity index (χ2v) is 4.65. The zero-order valence-electron chi connectivity index (χ0n) is 11.2. The minimum absolute atomic E-state index is 0. The standard InChI is InChI=1S/C14H19FN2O2.ClH/c15-11-3-1-5-13(9-11)19-8-7-17-14(18)10-12-4-2-6-16-12;/h1,3,5,9,12,16H,2,4,6-8,10H2,(H,17,18);1H. The van der Waals surface area contributed by atoms with Crippen LogP contribution in [0, 0.1) is 5.82 Å². The van der Waals surface area contributed by atoms with Gasteiger partial charge in [0.15, 0.2) is 0 Å². The van der Waals surface area contributed by atoms with Crippen LogP contribution in [0.5, 0.6) is 5.75 Å². The lowest BCUT2D eigenvalue weighted by Gasteiger charge is -2.11. The number of rotatable bonds is 6. The lowest BCUT2D eigenvalue weighted by atomic mass is 10.1. The molecule has 0 aromatic heterocycles. The third kappa shape index (κ3) is 5.75. The van der Waals surface area contributed by atoms with Gasteiger partial charge in [0.05, 0.1) is 6.54 Å². The van der Waals surface area contributed by atoms with Crippen LogP contribution in [0.4, 0.5) is 4.39 Å². The molecule has 0 spiro atoms. The van der Waals surface area contributed by atoms with Crippen LogP contribution < -0.4 is 15.4 Å². The first-order valence-corrected chi connectivity index (χ1v) is 6.62. The summed E-state index contributed by atoms with van der Waals surface area (Å²) in [7, 11) is 0. The van der Waals surface area contributed by atoms with Gasteiger partial charge < -0.3 is 15.4 Å². The van der Waals surface area contributed by atoms with Crippen molar-refractivity contribution >= 4 is 18.3 Å². The molecule has 6 heteroatoms. The number of ether oxygens (including phenoxy) is 1. The highest BCUT2D eigenvalue weighted by molar-refractivity contribution is 5.85. The molecule has 0 bridgehead atoms. The smallest absolute Gasteiger partial charge is 0.221 e. The van der Waals surface area contributed by atoms with Gasteiger partial charge in [-0.05, 0) is 31.5 Å². The molecule has 4 nitrogen and oxygen atoms in total. The number of halogens is 2. The van der Waals surface area contributed by atoms with Crippen molar-refractivity contribution in [2.24, 2.45) is 0 Å². The summed E-state index contributed by atoms with van der Waals surface area (Å²) in [5.41, 5.74) is 0. The minimum Gasteiger partial charge on any atom is -0.492 e. The predicted molar refractivity (Wildman–Crippen MR) is 77.8 cm³/mol. The van der Waals surface area contributed by atoms with Gasteiger partial charge in [0, 0.05) is 18.5 Å². The van der Waals surface area contributed by atoms with Crippen LogP contribution in [0.25, 0.3) is 0 Å². The SMILES string of the molecule is Cl.O=C(CC1CCCN1)NCCOc1cccc(F)c1. The first kappa shape index (κ1) is 16.7. The van der Waals surface area contributed by atoms with Crippen molar-refractivity contribution in [1.82, 2.24) is 10.6 Å². The Labute approximate surface area is 124 Å². The Hall–Kier alpha value is -1.33. The molecule has 0 aliphatic carbocycles. The van der Waals surface area contributed by atoms with Crippen LogP contribution in [0.2, 0.25) is 0 Å². The van der Waals surface area contributed by atoms with Gasteiger partial charge in [0.1, 0.15) is 18.2 Å². The Morgan fingerprint density at radius 1 is 1.50 bits per heavy atom. The number of nitrogens with one attached hydrogen (secondary N) is 2. The van der Waals surface area contributed by atoms with E-state index in [1.165, 1.54) is 12.1 Å². The van der Waals surface area contributed by atoms with E-state index in [4.69, 9.17) is 4.74 Å². The molecular weight excluding hydrogens is 283 g/mol. The highest BCUT2D eigenvalue weighted by atomic mass is 35.5. The molecule has 1 heterocycles. The number of hydrogen-bond donors (Lipinski definition) is 2. The summed E-state index contributed by atoms with van der Waals surface area (Å²) < 4.78 is 18.2. The van der Waals surface area contributed by atoms with Crippen molar-refractivity contribution in [3.8, 4) is 5.75 Å². The average molecular weight is 303 g/mol. The molecule has 2 rings (SSSR count). The molecule has 1 amide bonds. The van der Waals surface area contributed by atoms with Crippen LogP contribution in [-0.2, 0) is 4.79 Å². The van der Waals surface area contributed by atoms with E-state index < -0.39 is 0 Å². The van der Waals surface area contributed by atoms with Gasteiger partial charge in [0.2, 0.25) is 5.91 Å². The van der Waals surface area contributed by atoms with E-state index in [9.17, 15) is 9.18 Å². The number of carbonyl (C=O) groups is 1. The fourth-order valence-corrected chi connectivity index (χ4v) is 2.14. The third-order valence-electron chi connectivity index (χ3n) is 3.08. The second kappa shape index (κ2) is 8.76. The summed E-state index contributed by atoms with van der Waals surface area (Å²) in [6, 6.07) is 6.28. The number of carbonyl (C=O) groups excluding carboxylic acids is 1. The number of benzene rings is 1. The first-order chi connectivity index (χ1) is 9.24. The summed E-state index contributed by atoms with van der Waals surface area (Å²) in [6.07, 6.45) is 2.72. The van der Waals surface area contributed by atoms with E-state index in [0.717, 1.165) is 19.4 Å². The fourth-order valence-electron chi connectivity index (χ4n) is 2.14. The monoisotopic (exact) mass is 302 g/mol. The summed E-state index contributed by atoms with van der Waals surface area (Å²) in [5.74, 6) is 0.183. The molecule has 20 heavy (non-hydrogen) atoms. The molecule has 1 atom stereocenters. The van der Waals surface area contributed by atoms with Crippen LogP contribution in [-0.4, -0.2) is 31.6 Å². The Bertz CT molecular complexity index is 425. The van der Waals surface area contributed by atoms with Crippen molar-refractivity contribution in [2.45, 2.75) is 25.3 Å². The van der Waals surface area contributed by atoms with E-state index in [1.807, 2.05) is 0 Å². The maximum atomic E-state index is 12.9. The van der Waals surface area contributed by atoms with Crippen molar-refractivity contribution in [3.05, 3.63) is 30.1 Å². The van der Waals surface area contributed by atoms with Crippen molar-refractivity contribution < 1.29 is 13.9 Å². The molecule has 1 fully saturated rings. The van der Waals surface area contributed by atoms with E-state index >= 15 is 0 Å². The lowest BCUT2D eigenvalue weighted by Crippen LogP contribution is -2.33. The second-order valence-electron chi connectivity index (χ2n) is 4.65. The molecule has 112 valence electrons. The van der Waals surface area contributed by atoms with E-state index in [2.05, 4.69) is 10.6 Å². The predicted octanol–water partition coefficient (Wildman–Crippen LogP) is 1.88. The average Bonchev–Trinajstić information content (AvgIpc) is 2.87. The summed E-state index contributed by atoms with van der Waals surface area (Å²) in [4.78, 5) is 11.6. The quantitative estimate of drug-likeness (QED) is 0.789. The van der Waals surface area contributed by atoms with Gasteiger partial charge in [-0.3, -0.25) is 4.79 Å². The molecular formula is C14H20ClFN2O2. The molecule has 1 unspecified atom stereocenters. The molecule has 0 radical (unpaired) electrons. The third-order valence-corrected chi connectivity index (χ3v) is 3.08.